The van der Waals surface area contributed by atoms with Gasteiger partial charge < -0.3 is 14.9 Å². The molecule has 0 radical (unpaired) electrons. The Morgan fingerprint density at radius 1 is 1.35 bits per heavy atom. The van der Waals surface area contributed by atoms with E-state index in [1.54, 1.807) is 18.2 Å². The van der Waals surface area contributed by atoms with E-state index in [2.05, 4.69) is 10.5 Å². The summed E-state index contributed by atoms with van der Waals surface area (Å²) in [4.78, 5) is 12.1. The van der Waals surface area contributed by atoms with Crippen LogP contribution in [-0.4, -0.2) is 16.2 Å². The number of hydrogen-bond donors (Lipinski definition) is 2. The Morgan fingerprint density at radius 3 is 3.05 bits per heavy atom. The summed E-state index contributed by atoms with van der Waals surface area (Å²) in [6.45, 7) is 0.356. The van der Waals surface area contributed by atoms with E-state index in [-0.39, 0.29) is 11.7 Å². The molecule has 0 unspecified atom stereocenters. The lowest BCUT2D eigenvalue weighted by molar-refractivity contribution is 0.0941. The topological polar surface area (TPSA) is 75.4 Å². The first kappa shape index (κ1) is 12.7. The molecule has 2 aromatic rings. The summed E-state index contributed by atoms with van der Waals surface area (Å²) in [6, 6.07) is 6.81. The van der Waals surface area contributed by atoms with Gasteiger partial charge in [-0.15, -0.1) is 0 Å². The highest BCUT2D eigenvalue weighted by molar-refractivity contribution is 5.93. The number of carbonyl (C=O) groups excluding carboxylic acids is 1. The molecule has 1 aliphatic carbocycles. The number of aromatic nitrogens is 1. The third-order valence-corrected chi connectivity index (χ3v) is 3.53. The molecule has 3 rings (SSSR count). The molecule has 20 heavy (non-hydrogen) atoms. The van der Waals surface area contributed by atoms with Crippen LogP contribution in [0.25, 0.3) is 0 Å². The molecule has 0 atom stereocenters. The van der Waals surface area contributed by atoms with Crippen LogP contribution >= 0.6 is 0 Å². The molecule has 1 heterocycles. The minimum absolute atomic E-state index is 0.190. The fraction of sp³-hybridized carbons (Fsp3) is 0.333. The second-order valence-corrected chi connectivity index (χ2v) is 4.99. The lowest BCUT2D eigenvalue weighted by atomic mass is 9.96. The number of carbonyl (C=O) groups is 1. The van der Waals surface area contributed by atoms with E-state index in [0.717, 1.165) is 42.6 Å². The zero-order valence-corrected chi connectivity index (χ0v) is 11.1. The Hall–Kier alpha value is -2.30. The van der Waals surface area contributed by atoms with Crippen LogP contribution in [-0.2, 0) is 19.4 Å². The zero-order valence-electron chi connectivity index (χ0n) is 11.1. The van der Waals surface area contributed by atoms with Crippen LogP contribution in [0.5, 0.6) is 5.75 Å². The molecule has 0 spiro atoms. The number of nitrogens with one attached hydrogen (secondary N) is 1. The number of benzene rings is 1. The number of phenols is 1. The number of nitrogens with zero attached hydrogens (tertiary/aromatic N) is 1. The predicted molar refractivity (Wildman–Crippen MR) is 72.4 cm³/mol. The van der Waals surface area contributed by atoms with Crippen molar-refractivity contribution in [1.82, 2.24) is 10.5 Å². The van der Waals surface area contributed by atoms with Gasteiger partial charge in [0.25, 0.3) is 5.91 Å². The molecule has 0 bridgehead atoms. The maximum absolute atomic E-state index is 12.1. The van der Waals surface area contributed by atoms with E-state index in [1.165, 1.54) is 0 Å². The highest BCUT2D eigenvalue weighted by Gasteiger charge is 2.23. The summed E-state index contributed by atoms with van der Waals surface area (Å²) in [5.74, 6) is 0.814. The Morgan fingerprint density at radius 2 is 2.20 bits per heavy atom. The summed E-state index contributed by atoms with van der Waals surface area (Å²) in [5, 5.41) is 16.1. The van der Waals surface area contributed by atoms with Gasteiger partial charge in [-0.1, -0.05) is 17.3 Å². The molecule has 0 aliphatic heterocycles. The van der Waals surface area contributed by atoms with Gasteiger partial charge in [0.1, 0.15) is 11.5 Å². The summed E-state index contributed by atoms with van der Waals surface area (Å²) >= 11 is 0. The highest BCUT2D eigenvalue weighted by Crippen LogP contribution is 2.24. The number of fused-ring (bicyclic) bond motifs is 1. The average Bonchev–Trinajstić information content (AvgIpc) is 2.89. The van der Waals surface area contributed by atoms with Crippen LogP contribution in [0, 0.1) is 0 Å². The molecule has 5 heteroatoms. The van der Waals surface area contributed by atoms with Crippen LogP contribution in [0.3, 0.4) is 0 Å². The number of rotatable bonds is 3. The van der Waals surface area contributed by atoms with E-state index >= 15 is 0 Å². The number of aryl methyl sites for hydroxylation is 1. The van der Waals surface area contributed by atoms with Crippen molar-refractivity contribution in [3.8, 4) is 5.75 Å². The summed E-state index contributed by atoms with van der Waals surface area (Å²) in [6.07, 6.45) is 3.88. The van der Waals surface area contributed by atoms with Crippen molar-refractivity contribution in [2.75, 3.05) is 0 Å². The van der Waals surface area contributed by atoms with Gasteiger partial charge >= 0.3 is 0 Å². The van der Waals surface area contributed by atoms with E-state index in [0.29, 0.717) is 12.2 Å². The van der Waals surface area contributed by atoms with Crippen LogP contribution in [0.1, 0.15) is 40.2 Å². The third kappa shape index (κ3) is 2.52. The van der Waals surface area contributed by atoms with E-state index in [9.17, 15) is 9.90 Å². The smallest absolute Gasteiger partial charge is 0.274 e. The predicted octanol–water partition coefficient (Wildman–Crippen LogP) is 2.19. The van der Waals surface area contributed by atoms with Crippen molar-refractivity contribution < 1.29 is 14.4 Å². The molecular formula is C15H16N2O3. The van der Waals surface area contributed by atoms with Gasteiger partial charge in [0.05, 0.1) is 0 Å². The van der Waals surface area contributed by atoms with Gasteiger partial charge in [0, 0.05) is 18.5 Å². The lowest BCUT2D eigenvalue weighted by Gasteiger charge is -2.09. The zero-order chi connectivity index (χ0) is 13.9. The summed E-state index contributed by atoms with van der Waals surface area (Å²) < 4.78 is 5.23. The maximum atomic E-state index is 12.1. The number of hydrogen-bond acceptors (Lipinski definition) is 4. The molecule has 1 aromatic heterocycles. The SMILES string of the molecule is O=C(NCc1cccc(O)c1)c1noc2c1CCCC2. The molecule has 0 saturated carbocycles. The number of phenolic OH excluding ortho intramolecular Hbond substituents is 1. The average molecular weight is 272 g/mol. The Bertz CT molecular complexity index is 634. The van der Waals surface area contributed by atoms with E-state index < -0.39 is 0 Å². The fourth-order valence-corrected chi connectivity index (χ4v) is 2.50. The minimum atomic E-state index is -0.222. The normalized spacial score (nSPS) is 13.8. The Balaban J connectivity index is 1.69. The maximum Gasteiger partial charge on any atom is 0.274 e. The van der Waals surface area contributed by atoms with Crippen molar-refractivity contribution in [2.24, 2.45) is 0 Å². The number of aromatic hydroxyl groups is 1. The molecule has 0 fully saturated rings. The standard InChI is InChI=1S/C15H16N2O3/c18-11-5-3-4-10(8-11)9-16-15(19)14-12-6-1-2-7-13(12)20-17-14/h3-5,8,18H,1-2,6-7,9H2,(H,16,19). The van der Waals surface area contributed by atoms with Gasteiger partial charge in [-0.3, -0.25) is 4.79 Å². The summed E-state index contributed by atoms with van der Waals surface area (Å²) in [7, 11) is 0. The van der Waals surface area contributed by atoms with Gasteiger partial charge in [0.2, 0.25) is 0 Å². The summed E-state index contributed by atoms with van der Waals surface area (Å²) in [5.41, 5.74) is 2.19. The van der Waals surface area contributed by atoms with E-state index in [4.69, 9.17) is 4.52 Å². The van der Waals surface area contributed by atoms with Gasteiger partial charge in [0.15, 0.2) is 5.69 Å². The van der Waals surface area contributed by atoms with E-state index in [1.807, 2.05) is 6.07 Å². The van der Waals surface area contributed by atoms with Gasteiger partial charge in [-0.05, 0) is 37.0 Å². The fourth-order valence-electron chi connectivity index (χ4n) is 2.50. The first-order chi connectivity index (χ1) is 9.74. The van der Waals surface area contributed by atoms with Crippen molar-refractivity contribution in [2.45, 2.75) is 32.2 Å². The second kappa shape index (κ2) is 5.36. The lowest BCUT2D eigenvalue weighted by Crippen LogP contribution is -2.24. The molecule has 104 valence electrons. The molecule has 1 amide bonds. The van der Waals surface area contributed by atoms with Crippen LogP contribution < -0.4 is 5.32 Å². The molecule has 1 aromatic carbocycles. The second-order valence-electron chi connectivity index (χ2n) is 4.99. The molecule has 1 aliphatic rings. The van der Waals surface area contributed by atoms with Gasteiger partial charge in [-0.2, -0.15) is 0 Å². The Labute approximate surface area is 116 Å². The van der Waals surface area contributed by atoms with Crippen molar-refractivity contribution in [3.05, 3.63) is 46.8 Å². The third-order valence-electron chi connectivity index (χ3n) is 3.53. The first-order valence-electron chi connectivity index (χ1n) is 6.77. The minimum Gasteiger partial charge on any atom is -0.508 e. The molecule has 2 N–H and O–H groups in total. The highest BCUT2D eigenvalue weighted by atomic mass is 16.5. The monoisotopic (exact) mass is 272 g/mol. The molecule has 5 nitrogen and oxygen atoms in total. The van der Waals surface area contributed by atoms with Crippen molar-refractivity contribution >= 4 is 5.91 Å². The largest absolute Gasteiger partial charge is 0.508 e. The van der Waals surface area contributed by atoms with Crippen LogP contribution in [0.2, 0.25) is 0 Å². The molecular weight excluding hydrogens is 256 g/mol. The first-order valence-corrected chi connectivity index (χ1v) is 6.77. The van der Waals surface area contributed by atoms with Crippen molar-refractivity contribution in [1.29, 1.82) is 0 Å². The van der Waals surface area contributed by atoms with Crippen LogP contribution in [0.4, 0.5) is 0 Å². The Kier molecular flexibility index (Phi) is 3.41. The van der Waals surface area contributed by atoms with Gasteiger partial charge in [-0.25, -0.2) is 0 Å². The van der Waals surface area contributed by atoms with Crippen LogP contribution in [0.15, 0.2) is 28.8 Å². The molecule has 0 saturated heterocycles. The number of amides is 1. The quantitative estimate of drug-likeness (QED) is 0.898. The van der Waals surface area contributed by atoms with Crippen molar-refractivity contribution in [3.63, 3.8) is 0 Å².